The highest BCUT2D eigenvalue weighted by atomic mass is 79.9. The summed E-state index contributed by atoms with van der Waals surface area (Å²) >= 11 is 3.67. The third-order valence-electron chi connectivity index (χ3n) is 3.30. The number of hydrogen-bond acceptors (Lipinski definition) is 3. The fourth-order valence-electron chi connectivity index (χ4n) is 2.09. The molecule has 5 heteroatoms. The zero-order chi connectivity index (χ0) is 14.5. The first kappa shape index (κ1) is 15.1. The van der Waals surface area contributed by atoms with Crippen molar-refractivity contribution < 1.29 is 0 Å². The summed E-state index contributed by atoms with van der Waals surface area (Å²) in [4.78, 5) is 6.56. The van der Waals surface area contributed by atoms with E-state index in [1.54, 1.807) is 0 Å². The predicted molar refractivity (Wildman–Crippen MR) is 86.8 cm³/mol. The number of rotatable bonds is 6. The van der Waals surface area contributed by atoms with Crippen molar-refractivity contribution in [2.45, 2.75) is 20.0 Å². The van der Waals surface area contributed by atoms with Crippen LogP contribution < -0.4 is 10.2 Å². The molecule has 1 aromatic carbocycles. The van der Waals surface area contributed by atoms with Crippen LogP contribution in [0.3, 0.4) is 0 Å². The molecule has 0 fully saturated rings. The summed E-state index contributed by atoms with van der Waals surface area (Å²) in [7, 11) is 4.10. The minimum absolute atomic E-state index is 0.786. The highest BCUT2D eigenvalue weighted by Gasteiger charge is 2.09. The number of nitrogens with one attached hydrogen (secondary N) is 1. The number of hydrogen-bond donors (Lipinski definition) is 1. The Morgan fingerprint density at radius 3 is 2.80 bits per heavy atom. The maximum atomic E-state index is 4.36. The number of benzene rings is 1. The lowest BCUT2D eigenvalue weighted by atomic mass is 10.2. The van der Waals surface area contributed by atoms with Crippen LogP contribution in [0.15, 0.2) is 35.1 Å². The van der Waals surface area contributed by atoms with E-state index in [-0.39, 0.29) is 0 Å². The maximum Gasteiger partial charge on any atom is 0.127 e. The zero-order valence-corrected chi connectivity index (χ0v) is 13.8. The van der Waals surface area contributed by atoms with Gasteiger partial charge in [0.25, 0.3) is 0 Å². The summed E-state index contributed by atoms with van der Waals surface area (Å²) in [5, 5.41) is 3.34. The lowest BCUT2D eigenvalue weighted by Gasteiger charge is -2.21. The van der Waals surface area contributed by atoms with Crippen molar-refractivity contribution >= 4 is 21.6 Å². The largest absolute Gasteiger partial charge is 0.366 e. The van der Waals surface area contributed by atoms with Gasteiger partial charge in [-0.2, -0.15) is 0 Å². The van der Waals surface area contributed by atoms with Gasteiger partial charge < -0.3 is 14.8 Å². The molecule has 0 saturated carbocycles. The molecule has 2 rings (SSSR count). The van der Waals surface area contributed by atoms with E-state index in [1.807, 2.05) is 24.0 Å². The molecule has 0 aliphatic carbocycles. The zero-order valence-electron chi connectivity index (χ0n) is 12.2. The minimum Gasteiger partial charge on any atom is -0.366 e. The van der Waals surface area contributed by atoms with Crippen LogP contribution in [-0.4, -0.2) is 23.1 Å². The average molecular weight is 337 g/mol. The lowest BCUT2D eigenvalue weighted by molar-refractivity contribution is 0.725. The molecule has 2 aromatic rings. The van der Waals surface area contributed by atoms with Crippen LogP contribution in [-0.2, 0) is 20.1 Å². The van der Waals surface area contributed by atoms with Gasteiger partial charge in [-0.3, -0.25) is 0 Å². The highest BCUT2D eigenvalue weighted by Crippen LogP contribution is 2.27. The van der Waals surface area contributed by atoms with Crippen LogP contribution >= 0.6 is 15.9 Å². The van der Waals surface area contributed by atoms with Crippen molar-refractivity contribution in [2.75, 3.05) is 18.5 Å². The monoisotopic (exact) mass is 336 g/mol. The molecule has 1 heterocycles. The van der Waals surface area contributed by atoms with Gasteiger partial charge in [0.15, 0.2) is 0 Å². The van der Waals surface area contributed by atoms with E-state index in [4.69, 9.17) is 0 Å². The summed E-state index contributed by atoms with van der Waals surface area (Å²) in [5.74, 6) is 1.05. The molecule has 0 bridgehead atoms. The molecule has 20 heavy (non-hydrogen) atoms. The van der Waals surface area contributed by atoms with Crippen molar-refractivity contribution in [3.05, 3.63) is 46.5 Å². The second-order valence-corrected chi connectivity index (χ2v) is 5.73. The predicted octanol–water partition coefficient (Wildman–Crippen LogP) is 2.93. The Morgan fingerprint density at radius 1 is 1.40 bits per heavy atom. The molecule has 0 aliphatic rings. The smallest absolute Gasteiger partial charge is 0.127 e. The normalized spacial score (nSPS) is 10.8. The van der Waals surface area contributed by atoms with Gasteiger partial charge in [-0.05, 0) is 40.2 Å². The Morgan fingerprint density at radius 2 is 2.20 bits per heavy atom. The van der Waals surface area contributed by atoms with Gasteiger partial charge in [-0.25, -0.2) is 4.98 Å². The number of nitrogens with zero attached hydrogens (tertiary/aromatic N) is 3. The van der Waals surface area contributed by atoms with Gasteiger partial charge in [0.1, 0.15) is 5.82 Å². The van der Waals surface area contributed by atoms with Crippen molar-refractivity contribution in [3.63, 3.8) is 0 Å². The first-order valence-corrected chi connectivity index (χ1v) is 7.57. The second-order valence-electron chi connectivity index (χ2n) is 4.88. The van der Waals surface area contributed by atoms with Crippen LogP contribution in [0.2, 0.25) is 0 Å². The third kappa shape index (κ3) is 3.61. The highest BCUT2D eigenvalue weighted by molar-refractivity contribution is 9.10. The standard InChI is InChI=1S/C15H21BrN4/c1-4-17-10-12-5-6-14(13(16)9-12)20(3)11-15-18-7-8-19(15)2/h5-9,17H,4,10-11H2,1-3H3. The molecule has 4 nitrogen and oxygen atoms in total. The van der Waals surface area contributed by atoms with Gasteiger partial charge in [0, 0.05) is 37.5 Å². The fraction of sp³-hybridized carbons (Fsp3) is 0.400. The van der Waals surface area contributed by atoms with Crippen LogP contribution in [0, 0.1) is 0 Å². The Hall–Kier alpha value is -1.33. The summed E-state index contributed by atoms with van der Waals surface area (Å²) in [6, 6.07) is 6.49. The number of halogens is 1. The van der Waals surface area contributed by atoms with Crippen LogP contribution in [0.4, 0.5) is 5.69 Å². The van der Waals surface area contributed by atoms with E-state index in [0.29, 0.717) is 0 Å². The molecule has 1 aromatic heterocycles. The SMILES string of the molecule is CCNCc1ccc(N(C)Cc2nccn2C)c(Br)c1. The van der Waals surface area contributed by atoms with Gasteiger partial charge in [-0.1, -0.05) is 13.0 Å². The summed E-state index contributed by atoms with van der Waals surface area (Å²) in [5.41, 5.74) is 2.46. The van der Waals surface area contributed by atoms with E-state index in [1.165, 1.54) is 11.3 Å². The minimum atomic E-state index is 0.786. The van der Waals surface area contributed by atoms with E-state index in [9.17, 15) is 0 Å². The number of aromatic nitrogens is 2. The first-order chi connectivity index (χ1) is 9.61. The Labute approximate surface area is 128 Å². The van der Waals surface area contributed by atoms with Crippen molar-refractivity contribution in [3.8, 4) is 0 Å². The Balaban J connectivity index is 2.10. The third-order valence-corrected chi connectivity index (χ3v) is 3.94. The molecule has 0 atom stereocenters. The summed E-state index contributed by atoms with van der Waals surface area (Å²) in [6.07, 6.45) is 3.80. The molecular formula is C15H21BrN4. The Kier molecular flexibility index (Phi) is 5.20. The van der Waals surface area contributed by atoms with Crippen LogP contribution in [0.5, 0.6) is 0 Å². The number of anilines is 1. The van der Waals surface area contributed by atoms with Gasteiger partial charge in [-0.15, -0.1) is 0 Å². The molecule has 0 saturated heterocycles. The van der Waals surface area contributed by atoms with E-state index < -0.39 is 0 Å². The fourth-order valence-corrected chi connectivity index (χ4v) is 2.81. The van der Waals surface area contributed by atoms with Crippen LogP contribution in [0.1, 0.15) is 18.3 Å². The van der Waals surface area contributed by atoms with E-state index in [2.05, 4.69) is 63.3 Å². The van der Waals surface area contributed by atoms with E-state index in [0.717, 1.165) is 29.9 Å². The molecule has 1 N–H and O–H groups in total. The summed E-state index contributed by atoms with van der Waals surface area (Å²) in [6.45, 7) is 4.79. The van der Waals surface area contributed by atoms with E-state index >= 15 is 0 Å². The topological polar surface area (TPSA) is 33.1 Å². The number of aryl methyl sites for hydroxylation is 1. The van der Waals surface area contributed by atoms with Gasteiger partial charge in [0.2, 0.25) is 0 Å². The summed E-state index contributed by atoms with van der Waals surface area (Å²) < 4.78 is 3.16. The van der Waals surface area contributed by atoms with Crippen molar-refractivity contribution in [2.24, 2.45) is 7.05 Å². The quantitative estimate of drug-likeness (QED) is 0.880. The van der Waals surface area contributed by atoms with Crippen molar-refractivity contribution in [1.29, 1.82) is 0 Å². The van der Waals surface area contributed by atoms with Crippen LogP contribution in [0.25, 0.3) is 0 Å². The van der Waals surface area contributed by atoms with Gasteiger partial charge in [0.05, 0.1) is 12.2 Å². The number of imidazole rings is 1. The molecule has 0 unspecified atom stereocenters. The molecular weight excluding hydrogens is 316 g/mol. The first-order valence-electron chi connectivity index (χ1n) is 6.78. The van der Waals surface area contributed by atoms with Crippen molar-refractivity contribution in [1.82, 2.24) is 14.9 Å². The molecule has 0 spiro atoms. The molecule has 108 valence electrons. The Bertz CT molecular complexity index is 565. The molecule has 0 aliphatic heterocycles. The average Bonchev–Trinajstić information content (AvgIpc) is 2.82. The molecule has 0 amide bonds. The van der Waals surface area contributed by atoms with Gasteiger partial charge >= 0.3 is 0 Å². The molecule has 0 radical (unpaired) electrons. The lowest BCUT2D eigenvalue weighted by Crippen LogP contribution is -2.19. The maximum absolute atomic E-state index is 4.36. The second kappa shape index (κ2) is 6.90.